The SMILES string of the molecule is COc1ccccc1CCNCc1nc2ccccc2s1. The van der Waals surface area contributed by atoms with Gasteiger partial charge in [0.25, 0.3) is 0 Å². The summed E-state index contributed by atoms with van der Waals surface area (Å²) in [6, 6.07) is 16.4. The highest BCUT2D eigenvalue weighted by Crippen LogP contribution is 2.21. The Morgan fingerprint density at radius 3 is 2.76 bits per heavy atom. The summed E-state index contributed by atoms with van der Waals surface area (Å²) in [6.07, 6.45) is 0.953. The van der Waals surface area contributed by atoms with Gasteiger partial charge in [-0.15, -0.1) is 11.3 Å². The predicted octanol–water partition coefficient (Wildman–Crippen LogP) is 3.64. The summed E-state index contributed by atoms with van der Waals surface area (Å²) in [5, 5.41) is 4.59. The van der Waals surface area contributed by atoms with Crippen molar-refractivity contribution in [1.29, 1.82) is 0 Å². The zero-order valence-corrected chi connectivity index (χ0v) is 12.8. The van der Waals surface area contributed by atoms with E-state index < -0.39 is 0 Å². The van der Waals surface area contributed by atoms with Crippen molar-refractivity contribution in [2.45, 2.75) is 13.0 Å². The zero-order chi connectivity index (χ0) is 14.5. The van der Waals surface area contributed by atoms with E-state index in [-0.39, 0.29) is 0 Å². The van der Waals surface area contributed by atoms with Crippen LogP contribution >= 0.6 is 11.3 Å². The highest BCUT2D eigenvalue weighted by atomic mass is 32.1. The number of benzene rings is 2. The Kier molecular flexibility index (Phi) is 4.48. The topological polar surface area (TPSA) is 34.1 Å². The van der Waals surface area contributed by atoms with Crippen molar-refractivity contribution in [2.24, 2.45) is 0 Å². The third kappa shape index (κ3) is 3.40. The van der Waals surface area contributed by atoms with Crippen molar-refractivity contribution in [3.8, 4) is 5.75 Å². The van der Waals surface area contributed by atoms with Crippen molar-refractivity contribution in [3.63, 3.8) is 0 Å². The molecule has 0 amide bonds. The molecule has 0 fully saturated rings. The maximum Gasteiger partial charge on any atom is 0.122 e. The molecule has 1 N–H and O–H groups in total. The Morgan fingerprint density at radius 2 is 1.90 bits per heavy atom. The second-order valence-electron chi connectivity index (χ2n) is 4.81. The van der Waals surface area contributed by atoms with Crippen LogP contribution in [-0.4, -0.2) is 18.6 Å². The molecule has 0 unspecified atom stereocenters. The number of para-hydroxylation sites is 2. The first-order valence-electron chi connectivity index (χ1n) is 7.04. The summed E-state index contributed by atoms with van der Waals surface area (Å²) in [7, 11) is 1.72. The van der Waals surface area contributed by atoms with E-state index in [9.17, 15) is 0 Å². The van der Waals surface area contributed by atoms with Crippen LogP contribution in [-0.2, 0) is 13.0 Å². The second-order valence-corrected chi connectivity index (χ2v) is 5.93. The van der Waals surface area contributed by atoms with Gasteiger partial charge in [-0.3, -0.25) is 0 Å². The number of thiazole rings is 1. The lowest BCUT2D eigenvalue weighted by molar-refractivity contribution is 0.409. The summed E-state index contributed by atoms with van der Waals surface area (Å²) >= 11 is 1.75. The summed E-state index contributed by atoms with van der Waals surface area (Å²) in [6.45, 7) is 1.73. The number of fused-ring (bicyclic) bond motifs is 1. The third-order valence-corrected chi connectivity index (χ3v) is 4.41. The van der Waals surface area contributed by atoms with Gasteiger partial charge in [0, 0.05) is 6.54 Å². The third-order valence-electron chi connectivity index (χ3n) is 3.38. The summed E-state index contributed by atoms with van der Waals surface area (Å²) in [4.78, 5) is 4.62. The van der Waals surface area contributed by atoms with Crippen LogP contribution in [0.25, 0.3) is 10.2 Å². The highest BCUT2D eigenvalue weighted by molar-refractivity contribution is 7.18. The maximum atomic E-state index is 5.36. The molecule has 108 valence electrons. The molecular weight excluding hydrogens is 280 g/mol. The van der Waals surface area contributed by atoms with Crippen molar-refractivity contribution in [1.82, 2.24) is 10.3 Å². The van der Waals surface area contributed by atoms with Gasteiger partial charge >= 0.3 is 0 Å². The molecule has 0 aliphatic rings. The van der Waals surface area contributed by atoms with E-state index in [1.165, 1.54) is 10.3 Å². The fraction of sp³-hybridized carbons (Fsp3) is 0.235. The average Bonchev–Trinajstić information content (AvgIpc) is 2.94. The van der Waals surface area contributed by atoms with Crippen molar-refractivity contribution >= 4 is 21.6 Å². The number of nitrogens with zero attached hydrogens (tertiary/aromatic N) is 1. The predicted molar refractivity (Wildman–Crippen MR) is 88.0 cm³/mol. The van der Waals surface area contributed by atoms with E-state index in [1.807, 2.05) is 24.3 Å². The lowest BCUT2D eigenvalue weighted by Crippen LogP contribution is -2.16. The van der Waals surface area contributed by atoms with E-state index in [4.69, 9.17) is 4.74 Å². The maximum absolute atomic E-state index is 5.36. The van der Waals surface area contributed by atoms with Gasteiger partial charge < -0.3 is 10.1 Å². The number of hydrogen-bond donors (Lipinski definition) is 1. The number of aromatic nitrogens is 1. The Hall–Kier alpha value is -1.91. The van der Waals surface area contributed by atoms with Crippen LogP contribution in [0.2, 0.25) is 0 Å². The number of ether oxygens (including phenoxy) is 1. The van der Waals surface area contributed by atoms with Crippen molar-refractivity contribution < 1.29 is 4.74 Å². The van der Waals surface area contributed by atoms with Gasteiger partial charge in [0.1, 0.15) is 10.8 Å². The summed E-state index contributed by atoms with van der Waals surface area (Å²) in [5.41, 5.74) is 2.32. The molecule has 0 aliphatic carbocycles. The van der Waals surface area contributed by atoms with E-state index >= 15 is 0 Å². The minimum Gasteiger partial charge on any atom is -0.496 e. The molecule has 0 saturated heterocycles. The van der Waals surface area contributed by atoms with Gasteiger partial charge in [0.05, 0.1) is 17.3 Å². The van der Waals surface area contributed by atoms with Gasteiger partial charge in [0.15, 0.2) is 0 Å². The van der Waals surface area contributed by atoms with Gasteiger partial charge in [-0.05, 0) is 36.7 Å². The Labute approximate surface area is 128 Å². The normalized spacial score (nSPS) is 10.9. The van der Waals surface area contributed by atoms with Crippen LogP contribution in [0, 0.1) is 0 Å². The minimum atomic E-state index is 0.814. The number of methoxy groups -OCH3 is 1. The van der Waals surface area contributed by atoms with Crippen LogP contribution in [0.5, 0.6) is 5.75 Å². The van der Waals surface area contributed by atoms with Crippen LogP contribution < -0.4 is 10.1 Å². The molecule has 3 nitrogen and oxygen atoms in total. The first kappa shape index (κ1) is 14.0. The molecule has 0 aliphatic heterocycles. The lowest BCUT2D eigenvalue weighted by Gasteiger charge is -2.08. The summed E-state index contributed by atoms with van der Waals surface area (Å²) < 4.78 is 6.61. The molecule has 1 aromatic heterocycles. The average molecular weight is 298 g/mol. The molecule has 3 rings (SSSR count). The lowest BCUT2D eigenvalue weighted by atomic mass is 10.1. The van der Waals surface area contributed by atoms with Crippen LogP contribution in [0.3, 0.4) is 0 Å². The van der Waals surface area contributed by atoms with E-state index in [2.05, 4.69) is 34.6 Å². The Morgan fingerprint density at radius 1 is 1.10 bits per heavy atom. The van der Waals surface area contributed by atoms with Gasteiger partial charge in [-0.25, -0.2) is 4.98 Å². The fourth-order valence-electron chi connectivity index (χ4n) is 2.32. The van der Waals surface area contributed by atoms with Crippen LogP contribution in [0.4, 0.5) is 0 Å². The minimum absolute atomic E-state index is 0.814. The molecule has 0 spiro atoms. The molecule has 2 aromatic carbocycles. The quantitative estimate of drug-likeness (QED) is 0.706. The molecule has 4 heteroatoms. The monoisotopic (exact) mass is 298 g/mol. The molecule has 21 heavy (non-hydrogen) atoms. The van der Waals surface area contributed by atoms with Crippen LogP contribution in [0.1, 0.15) is 10.6 Å². The Balaban J connectivity index is 1.54. The zero-order valence-electron chi connectivity index (χ0n) is 12.0. The number of hydrogen-bond acceptors (Lipinski definition) is 4. The molecule has 3 aromatic rings. The van der Waals surface area contributed by atoms with Gasteiger partial charge in [-0.1, -0.05) is 30.3 Å². The van der Waals surface area contributed by atoms with Gasteiger partial charge in [-0.2, -0.15) is 0 Å². The molecule has 0 saturated carbocycles. The van der Waals surface area contributed by atoms with Crippen LogP contribution in [0.15, 0.2) is 48.5 Å². The number of nitrogens with one attached hydrogen (secondary N) is 1. The highest BCUT2D eigenvalue weighted by Gasteiger charge is 2.04. The van der Waals surface area contributed by atoms with Gasteiger partial charge in [0.2, 0.25) is 0 Å². The second kappa shape index (κ2) is 6.70. The molecule has 0 radical (unpaired) electrons. The molecule has 0 bridgehead atoms. The van der Waals surface area contributed by atoms with E-state index in [0.717, 1.165) is 35.8 Å². The smallest absolute Gasteiger partial charge is 0.122 e. The first-order chi connectivity index (χ1) is 10.4. The Bertz CT molecular complexity index is 690. The standard InChI is InChI=1S/C17H18N2OS/c1-20-15-8-4-2-6-13(15)10-11-18-12-17-19-14-7-3-5-9-16(14)21-17/h2-9,18H,10-12H2,1H3. The fourth-order valence-corrected chi connectivity index (χ4v) is 3.26. The molecule has 1 heterocycles. The molecule has 0 atom stereocenters. The number of rotatable bonds is 6. The van der Waals surface area contributed by atoms with Crippen molar-refractivity contribution in [2.75, 3.05) is 13.7 Å². The summed E-state index contributed by atoms with van der Waals surface area (Å²) in [5.74, 6) is 0.958. The molecular formula is C17H18N2OS. The van der Waals surface area contributed by atoms with E-state index in [1.54, 1.807) is 18.4 Å². The largest absolute Gasteiger partial charge is 0.496 e. The van der Waals surface area contributed by atoms with E-state index in [0.29, 0.717) is 0 Å². The first-order valence-corrected chi connectivity index (χ1v) is 7.85. The van der Waals surface area contributed by atoms with Crippen molar-refractivity contribution in [3.05, 3.63) is 59.1 Å².